The summed E-state index contributed by atoms with van der Waals surface area (Å²) in [6.07, 6.45) is 3.71. The van der Waals surface area contributed by atoms with Crippen molar-refractivity contribution in [3.05, 3.63) is 47.0 Å². The second-order valence-electron chi connectivity index (χ2n) is 7.87. The number of nitrogens with zero attached hydrogens (tertiary/aromatic N) is 2. The molecule has 3 heterocycles. The van der Waals surface area contributed by atoms with E-state index < -0.39 is 17.4 Å². The highest BCUT2D eigenvalue weighted by molar-refractivity contribution is 5.93. The van der Waals surface area contributed by atoms with Gasteiger partial charge in [-0.05, 0) is 37.5 Å². The molecule has 0 aliphatic carbocycles. The number of hydrogen-bond acceptors (Lipinski definition) is 3. The van der Waals surface area contributed by atoms with E-state index in [0.29, 0.717) is 19.6 Å². The summed E-state index contributed by atoms with van der Waals surface area (Å²) < 4.78 is 6.17. The molecule has 1 aromatic carbocycles. The molecule has 0 saturated carbocycles. The van der Waals surface area contributed by atoms with Crippen LogP contribution in [-0.2, 0) is 20.9 Å². The fourth-order valence-electron chi connectivity index (χ4n) is 4.53. The van der Waals surface area contributed by atoms with Crippen LogP contribution in [0.1, 0.15) is 23.6 Å². The van der Waals surface area contributed by atoms with Crippen LogP contribution in [0.3, 0.4) is 0 Å². The second-order valence-corrected chi connectivity index (χ2v) is 7.87. The van der Waals surface area contributed by atoms with Crippen LogP contribution in [0.25, 0.3) is 0 Å². The quantitative estimate of drug-likeness (QED) is 0.778. The molecule has 138 valence electrons. The van der Waals surface area contributed by atoms with E-state index in [9.17, 15) is 9.59 Å². The third kappa shape index (κ3) is 2.41. The third-order valence-corrected chi connectivity index (χ3v) is 6.26. The van der Waals surface area contributed by atoms with Crippen LogP contribution in [0.15, 0.2) is 30.4 Å². The maximum absolute atomic E-state index is 13.2. The molecule has 4 atom stereocenters. The Balaban J connectivity index is 1.59. The number of carbonyl (C=O) groups is 2. The van der Waals surface area contributed by atoms with Crippen molar-refractivity contribution < 1.29 is 14.3 Å². The summed E-state index contributed by atoms with van der Waals surface area (Å²) in [5, 5.41) is 0. The fourth-order valence-corrected chi connectivity index (χ4v) is 4.53. The number of rotatable bonds is 4. The van der Waals surface area contributed by atoms with Crippen LogP contribution in [0.2, 0.25) is 0 Å². The zero-order valence-electron chi connectivity index (χ0n) is 15.9. The van der Waals surface area contributed by atoms with E-state index in [-0.39, 0.29) is 17.9 Å². The lowest BCUT2D eigenvalue weighted by atomic mass is 9.76. The van der Waals surface area contributed by atoms with Gasteiger partial charge in [0.05, 0.1) is 24.5 Å². The Hall–Kier alpha value is -2.14. The highest BCUT2D eigenvalue weighted by Gasteiger charge is 2.66. The molecule has 0 aromatic heterocycles. The van der Waals surface area contributed by atoms with Crippen LogP contribution >= 0.6 is 0 Å². The molecule has 2 fully saturated rings. The summed E-state index contributed by atoms with van der Waals surface area (Å²) in [4.78, 5) is 29.6. The van der Waals surface area contributed by atoms with Gasteiger partial charge in [-0.2, -0.15) is 0 Å². The first kappa shape index (κ1) is 17.3. The van der Waals surface area contributed by atoms with Gasteiger partial charge in [-0.25, -0.2) is 0 Å². The topological polar surface area (TPSA) is 49.9 Å². The number of likely N-dealkylation sites (tertiary alicyclic amines) is 1. The zero-order chi connectivity index (χ0) is 18.6. The summed E-state index contributed by atoms with van der Waals surface area (Å²) in [5.74, 6) is -0.749. The Labute approximate surface area is 154 Å². The van der Waals surface area contributed by atoms with Crippen molar-refractivity contribution in [2.24, 2.45) is 11.8 Å². The average molecular weight is 354 g/mol. The van der Waals surface area contributed by atoms with Gasteiger partial charge in [0.25, 0.3) is 0 Å². The van der Waals surface area contributed by atoms with Crippen molar-refractivity contribution in [1.82, 2.24) is 9.80 Å². The third-order valence-electron chi connectivity index (χ3n) is 6.26. The smallest absolute Gasteiger partial charge is 0.230 e. The Bertz CT molecular complexity index is 802. The molecular weight excluding hydrogens is 328 g/mol. The van der Waals surface area contributed by atoms with E-state index in [1.807, 2.05) is 24.0 Å². The van der Waals surface area contributed by atoms with Crippen molar-refractivity contribution in [1.29, 1.82) is 0 Å². The summed E-state index contributed by atoms with van der Waals surface area (Å²) >= 11 is 0. The molecule has 0 radical (unpaired) electrons. The molecule has 4 rings (SSSR count). The number of amides is 2. The average Bonchev–Trinajstić information content (AvgIpc) is 3.25. The molecule has 2 unspecified atom stereocenters. The number of hydrogen-bond donors (Lipinski definition) is 0. The monoisotopic (exact) mass is 354 g/mol. The zero-order valence-corrected chi connectivity index (χ0v) is 15.9. The Morgan fingerprint density at radius 1 is 1.35 bits per heavy atom. The molecule has 26 heavy (non-hydrogen) atoms. The Morgan fingerprint density at radius 3 is 2.81 bits per heavy atom. The summed E-state index contributed by atoms with van der Waals surface area (Å²) in [7, 11) is 1.79. The Kier molecular flexibility index (Phi) is 3.95. The van der Waals surface area contributed by atoms with E-state index >= 15 is 0 Å². The van der Waals surface area contributed by atoms with Gasteiger partial charge in [0, 0.05) is 20.1 Å². The van der Waals surface area contributed by atoms with Crippen molar-refractivity contribution in [2.45, 2.75) is 39.0 Å². The fraction of sp³-hybridized carbons (Fsp3) is 0.524. The summed E-state index contributed by atoms with van der Waals surface area (Å²) in [5.41, 5.74) is 2.96. The number of benzene rings is 1. The van der Waals surface area contributed by atoms with E-state index in [2.05, 4.69) is 32.0 Å². The van der Waals surface area contributed by atoms with Gasteiger partial charge in [-0.3, -0.25) is 9.59 Å². The molecule has 2 amide bonds. The molecular formula is C21H26N2O3. The molecule has 2 bridgehead atoms. The van der Waals surface area contributed by atoms with Gasteiger partial charge in [0.1, 0.15) is 5.60 Å². The second kappa shape index (κ2) is 5.95. The van der Waals surface area contributed by atoms with E-state index in [1.54, 1.807) is 11.9 Å². The van der Waals surface area contributed by atoms with E-state index in [0.717, 1.165) is 5.56 Å². The predicted molar refractivity (Wildman–Crippen MR) is 98.4 cm³/mol. The molecule has 3 aliphatic heterocycles. The normalized spacial score (nSPS) is 31.6. The summed E-state index contributed by atoms with van der Waals surface area (Å²) in [6, 6.07) is 6.30. The number of carbonyl (C=O) groups excluding carboxylic acids is 2. The van der Waals surface area contributed by atoms with Gasteiger partial charge in [0.15, 0.2) is 0 Å². The van der Waals surface area contributed by atoms with Gasteiger partial charge >= 0.3 is 0 Å². The molecule has 3 aliphatic rings. The van der Waals surface area contributed by atoms with Gasteiger partial charge < -0.3 is 14.5 Å². The summed E-state index contributed by atoms with van der Waals surface area (Å²) in [6.45, 7) is 7.83. The van der Waals surface area contributed by atoms with E-state index in [1.165, 1.54) is 11.1 Å². The minimum absolute atomic E-state index is 0.00936. The predicted octanol–water partition coefficient (Wildman–Crippen LogP) is 2.06. The molecule has 5 nitrogen and oxygen atoms in total. The van der Waals surface area contributed by atoms with Gasteiger partial charge in [-0.1, -0.05) is 30.4 Å². The van der Waals surface area contributed by atoms with Gasteiger partial charge in [-0.15, -0.1) is 0 Å². The van der Waals surface area contributed by atoms with Crippen molar-refractivity contribution in [3.63, 3.8) is 0 Å². The SMILES string of the molecule is CCN(C)C(=O)C1C2C(=O)N(Cc3ccc(C)c(C)c3)C[C@@]23C=C[C@@H]1O3. The van der Waals surface area contributed by atoms with Crippen LogP contribution in [0.5, 0.6) is 0 Å². The highest BCUT2D eigenvalue weighted by Crippen LogP contribution is 2.52. The lowest BCUT2D eigenvalue weighted by Crippen LogP contribution is -2.44. The lowest BCUT2D eigenvalue weighted by Gasteiger charge is -2.27. The first-order valence-electron chi connectivity index (χ1n) is 9.33. The molecule has 0 N–H and O–H groups in total. The van der Waals surface area contributed by atoms with Gasteiger partial charge in [0.2, 0.25) is 11.8 Å². The van der Waals surface area contributed by atoms with Crippen LogP contribution < -0.4 is 0 Å². The van der Waals surface area contributed by atoms with Crippen molar-refractivity contribution in [2.75, 3.05) is 20.1 Å². The minimum Gasteiger partial charge on any atom is -0.360 e. The largest absolute Gasteiger partial charge is 0.360 e. The molecule has 5 heteroatoms. The number of aryl methyl sites for hydroxylation is 2. The number of fused-ring (bicyclic) bond motifs is 1. The maximum Gasteiger partial charge on any atom is 0.230 e. The van der Waals surface area contributed by atoms with Crippen LogP contribution in [-0.4, -0.2) is 53.5 Å². The van der Waals surface area contributed by atoms with Crippen LogP contribution in [0, 0.1) is 25.7 Å². The molecule has 2 saturated heterocycles. The minimum atomic E-state index is -0.629. The van der Waals surface area contributed by atoms with E-state index in [4.69, 9.17) is 4.74 Å². The molecule has 1 spiro atoms. The van der Waals surface area contributed by atoms with Crippen molar-refractivity contribution >= 4 is 11.8 Å². The van der Waals surface area contributed by atoms with Crippen LogP contribution in [0.4, 0.5) is 0 Å². The number of ether oxygens (including phenoxy) is 1. The first-order valence-corrected chi connectivity index (χ1v) is 9.33. The lowest BCUT2D eigenvalue weighted by molar-refractivity contribution is -0.142. The molecule has 1 aromatic rings. The standard InChI is InChI=1S/C21H26N2O3/c1-5-22(4)19(24)17-16-8-9-21(26-16)12-23(20(25)18(17)21)11-15-7-6-13(2)14(3)10-15/h6-10,16-18H,5,11-12H2,1-4H3/t16-,17?,18?,21-/m0/s1. The first-order chi connectivity index (χ1) is 12.4. The van der Waals surface area contributed by atoms with Crippen molar-refractivity contribution in [3.8, 4) is 0 Å². The maximum atomic E-state index is 13.2. The Morgan fingerprint density at radius 2 is 2.12 bits per heavy atom. The highest BCUT2D eigenvalue weighted by atomic mass is 16.5.